The van der Waals surface area contributed by atoms with Crippen LogP contribution < -0.4 is 4.74 Å². The van der Waals surface area contributed by atoms with Crippen molar-refractivity contribution in [2.75, 3.05) is 7.11 Å². The van der Waals surface area contributed by atoms with E-state index in [4.69, 9.17) is 16.3 Å². The molecule has 2 heterocycles. The van der Waals surface area contributed by atoms with E-state index >= 15 is 0 Å². The summed E-state index contributed by atoms with van der Waals surface area (Å²) in [5, 5.41) is 4.09. The van der Waals surface area contributed by atoms with Crippen molar-refractivity contribution in [3.8, 4) is 16.9 Å². The van der Waals surface area contributed by atoms with Gasteiger partial charge in [0, 0.05) is 17.7 Å². The standard InChI is InChI=1S/C16H15ClF2N4O/c1-8(2)4-12-14(15(17)22-16-20-7-21-23(12)16)13-10(18)5-9(24-3)6-11(13)19/h5-8H,4H2,1-3H3. The highest BCUT2D eigenvalue weighted by Gasteiger charge is 2.24. The smallest absolute Gasteiger partial charge is 0.253 e. The lowest BCUT2D eigenvalue weighted by molar-refractivity contribution is 0.407. The first kappa shape index (κ1) is 16.6. The van der Waals surface area contributed by atoms with Crippen molar-refractivity contribution in [1.82, 2.24) is 19.6 Å². The van der Waals surface area contributed by atoms with Gasteiger partial charge in [0.15, 0.2) is 0 Å². The Morgan fingerprint density at radius 2 is 1.88 bits per heavy atom. The molecule has 8 heteroatoms. The van der Waals surface area contributed by atoms with Crippen molar-refractivity contribution in [2.24, 2.45) is 5.92 Å². The second-order valence-corrected chi connectivity index (χ2v) is 6.12. The van der Waals surface area contributed by atoms with E-state index in [0.29, 0.717) is 12.1 Å². The Bertz CT molecular complexity index is 887. The van der Waals surface area contributed by atoms with Crippen molar-refractivity contribution in [1.29, 1.82) is 0 Å². The molecule has 3 aromatic rings. The highest BCUT2D eigenvalue weighted by molar-refractivity contribution is 6.32. The predicted octanol–water partition coefficient (Wildman–Crippen LogP) is 3.93. The molecule has 0 fully saturated rings. The Kier molecular flexibility index (Phi) is 4.36. The average molecular weight is 353 g/mol. The lowest BCUT2D eigenvalue weighted by Gasteiger charge is -2.16. The summed E-state index contributed by atoms with van der Waals surface area (Å²) in [6, 6.07) is 2.22. The summed E-state index contributed by atoms with van der Waals surface area (Å²) in [5.41, 5.74) is 0.489. The number of methoxy groups -OCH3 is 1. The van der Waals surface area contributed by atoms with Gasteiger partial charge in [0.05, 0.1) is 18.4 Å². The molecule has 0 aliphatic heterocycles. The molecule has 126 valence electrons. The van der Waals surface area contributed by atoms with E-state index in [0.717, 1.165) is 12.1 Å². The summed E-state index contributed by atoms with van der Waals surface area (Å²) in [6.45, 7) is 3.98. The van der Waals surface area contributed by atoms with Crippen LogP contribution in [0.15, 0.2) is 18.5 Å². The first-order valence-electron chi connectivity index (χ1n) is 7.33. The number of aromatic nitrogens is 4. The maximum absolute atomic E-state index is 14.6. The Morgan fingerprint density at radius 1 is 1.21 bits per heavy atom. The summed E-state index contributed by atoms with van der Waals surface area (Å²) in [6.07, 6.45) is 1.83. The third-order valence-corrected chi connectivity index (χ3v) is 3.85. The number of ether oxygens (including phenoxy) is 1. The summed E-state index contributed by atoms with van der Waals surface area (Å²) < 4.78 is 35.5. The van der Waals surface area contributed by atoms with Gasteiger partial charge < -0.3 is 4.74 Å². The molecule has 0 amide bonds. The zero-order valence-electron chi connectivity index (χ0n) is 13.3. The summed E-state index contributed by atoms with van der Waals surface area (Å²) >= 11 is 6.24. The quantitative estimate of drug-likeness (QED) is 0.668. The summed E-state index contributed by atoms with van der Waals surface area (Å²) in [5.74, 6) is -0.974. The number of hydrogen-bond donors (Lipinski definition) is 0. The molecule has 0 atom stereocenters. The Balaban J connectivity index is 2.35. The van der Waals surface area contributed by atoms with Crippen LogP contribution in [-0.4, -0.2) is 26.7 Å². The van der Waals surface area contributed by atoms with Crippen molar-refractivity contribution in [3.63, 3.8) is 0 Å². The predicted molar refractivity (Wildman–Crippen MR) is 86.2 cm³/mol. The second-order valence-electron chi connectivity index (χ2n) is 5.76. The van der Waals surface area contributed by atoms with Gasteiger partial charge in [0.25, 0.3) is 5.78 Å². The van der Waals surface area contributed by atoms with Gasteiger partial charge in [0.2, 0.25) is 0 Å². The molecule has 0 saturated heterocycles. The highest BCUT2D eigenvalue weighted by atomic mass is 35.5. The first-order valence-corrected chi connectivity index (χ1v) is 7.71. The van der Waals surface area contributed by atoms with E-state index < -0.39 is 11.6 Å². The number of halogens is 3. The summed E-state index contributed by atoms with van der Waals surface area (Å²) in [7, 11) is 1.34. The van der Waals surface area contributed by atoms with Gasteiger partial charge in [0.1, 0.15) is 28.9 Å². The molecular weight excluding hydrogens is 338 g/mol. The first-order chi connectivity index (χ1) is 11.4. The summed E-state index contributed by atoms with van der Waals surface area (Å²) in [4.78, 5) is 8.10. The molecule has 0 aliphatic carbocycles. The highest BCUT2D eigenvalue weighted by Crippen LogP contribution is 2.37. The maximum atomic E-state index is 14.6. The van der Waals surface area contributed by atoms with Crippen LogP contribution in [0.5, 0.6) is 5.75 Å². The Labute approximate surface area is 142 Å². The average Bonchev–Trinajstić information content (AvgIpc) is 2.96. The van der Waals surface area contributed by atoms with E-state index in [-0.39, 0.29) is 33.7 Å². The van der Waals surface area contributed by atoms with Gasteiger partial charge >= 0.3 is 0 Å². The van der Waals surface area contributed by atoms with Crippen molar-refractivity contribution < 1.29 is 13.5 Å². The van der Waals surface area contributed by atoms with E-state index in [9.17, 15) is 8.78 Å². The Morgan fingerprint density at radius 3 is 2.46 bits per heavy atom. The minimum Gasteiger partial charge on any atom is -0.497 e. The topological polar surface area (TPSA) is 52.3 Å². The van der Waals surface area contributed by atoms with Crippen LogP contribution in [-0.2, 0) is 6.42 Å². The van der Waals surface area contributed by atoms with E-state index in [2.05, 4.69) is 15.1 Å². The Hall–Kier alpha value is -2.28. The lowest BCUT2D eigenvalue weighted by atomic mass is 9.98. The molecule has 0 aliphatic rings. The number of fused-ring (bicyclic) bond motifs is 1. The normalized spacial score (nSPS) is 11.5. The number of nitrogens with zero attached hydrogens (tertiary/aromatic N) is 4. The molecular formula is C16H15ClF2N4O. The van der Waals surface area contributed by atoms with Gasteiger partial charge in [-0.2, -0.15) is 15.1 Å². The molecule has 24 heavy (non-hydrogen) atoms. The molecule has 5 nitrogen and oxygen atoms in total. The molecule has 0 saturated carbocycles. The van der Waals surface area contributed by atoms with Crippen LogP contribution in [0.4, 0.5) is 8.78 Å². The molecule has 2 aromatic heterocycles. The van der Waals surface area contributed by atoms with Crippen LogP contribution in [0.25, 0.3) is 16.9 Å². The van der Waals surface area contributed by atoms with Gasteiger partial charge in [-0.05, 0) is 12.3 Å². The zero-order valence-corrected chi connectivity index (χ0v) is 14.1. The molecule has 0 N–H and O–H groups in total. The fourth-order valence-corrected chi connectivity index (χ4v) is 2.88. The molecule has 1 aromatic carbocycles. The van der Waals surface area contributed by atoms with Gasteiger partial charge in [-0.3, -0.25) is 0 Å². The molecule has 0 unspecified atom stereocenters. The second kappa shape index (κ2) is 6.32. The minimum atomic E-state index is -0.778. The van der Waals surface area contributed by atoms with Crippen LogP contribution >= 0.6 is 11.6 Å². The van der Waals surface area contributed by atoms with Gasteiger partial charge in [-0.1, -0.05) is 25.4 Å². The lowest BCUT2D eigenvalue weighted by Crippen LogP contribution is -2.09. The number of benzene rings is 1. The van der Waals surface area contributed by atoms with Crippen molar-refractivity contribution >= 4 is 17.4 Å². The molecule has 0 spiro atoms. The van der Waals surface area contributed by atoms with Crippen molar-refractivity contribution in [2.45, 2.75) is 20.3 Å². The third kappa shape index (κ3) is 2.80. The van der Waals surface area contributed by atoms with Crippen LogP contribution in [0.2, 0.25) is 5.15 Å². The van der Waals surface area contributed by atoms with Crippen LogP contribution in [0, 0.1) is 17.6 Å². The third-order valence-electron chi connectivity index (χ3n) is 3.58. The van der Waals surface area contributed by atoms with Gasteiger partial charge in [-0.15, -0.1) is 0 Å². The monoisotopic (exact) mass is 352 g/mol. The fourth-order valence-electron chi connectivity index (χ4n) is 2.60. The number of rotatable bonds is 4. The largest absolute Gasteiger partial charge is 0.497 e. The van der Waals surface area contributed by atoms with E-state index in [1.54, 1.807) is 0 Å². The minimum absolute atomic E-state index is 0.0193. The van der Waals surface area contributed by atoms with Crippen LogP contribution in [0.3, 0.4) is 0 Å². The molecule has 3 rings (SSSR count). The number of hydrogen-bond acceptors (Lipinski definition) is 4. The van der Waals surface area contributed by atoms with E-state index in [1.165, 1.54) is 18.0 Å². The fraction of sp³-hybridized carbons (Fsp3) is 0.312. The van der Waals surface area contributed by atoms with Gasteiger partial charge in [-0.25, -0.2) is 13.3 Å². The molecule has 0 bridgehead atoms. The molecule has 0 radical (unpaired) electrons. The van der Waals surface area contributed by atoms with Crippen molar-refractivity contribution in [3.05, 3.63) is 40.9 Å². The maximum Gasteiger partial charge on any atom is 0.253 e. The SMILES string of the molecule is COc1cc(F)c(-c2c(Cl)nc3ncnn3c2CC(C)C)c(F)c1. The zero-order chi connectivity index (χ0) is 17.4. The van der Waals surface area contributed by atoms with Crippen LogP contribution in [0.1, 0.15) is 19.5 Å². The van der Waals surface area contributed by atoms with E-state index in [1.807, 2.05) is 13.8 Å².